The molecule has 0 radical (unpaired) electrons. The van der Waals surface area contributed by atoms with Crippen molar-refractivity contribution in [1.29, 1.82) is 0 Å². The van der Waals surface area contributed by atoms with Crippen LogP contribution in [0.4, 0.5) is 17.6 Å². The summed E-state index contributed by atoms with van der Waals surface area (Å²) in [6, 6.07) is 4.21. The summed E-state index contributed by atoms with van der Waals surface area (Å²) in [5.74, 6) is 0.175. The number of hydrogen-bond acceptors (Lipinski definition) is 4. The van der Waals surface area contributed by atoms with Gasteiger partial charge in [-0.2, -0.15) is 13.9 Å². The second kappa shape index (κ2) is 7.86. The summed E-state index contributed by atoms with van der Waals surface area (Å²) in [5, 5.41) is 17.5. The lowest BCUT2D eigenvalue weighted by atomic mass is 9.87. The van der Waals surface area contributed by atoms with Crippen molar-refractivity contribution in [1.82, 2.24) is 15.2 Å². The summed E-state index contributed by atoms with van der Waals surface area (Å²) < 4.78 is 54.1. The number of nitrogens with zero attached hydrogens (tertiary/aromatic N) is 2. The molecule has 0 amide bonds. The van der Waals surface area contributed by atoms with Gasteiger partial charge in [-0.1, -0.05) is 29.3 Å². The van der Waals surface area contributed by atoms with Gasteiger partial charge >= 0.3 is 12.5 Å². The Morgan fingerprint density at radius 3 is 2.56 bits per heavy atom. The molecule has 0 spiro atoms. The Kier molecular flexibility index (Phi) is 6.26. The number of aromatic amines is 1. The maximum absolute atomic E-state index is 12.9. The van der Waals surface area contributed by atoms with Crippen LogP contribution in [0.1, 0.15) is 17.8 Å². The fraction of sp³-hybridized carbons (Fsp3) is 0.429. The first-order chi connectivity index (χ1) is 11.6. The zero-order chi connectivity index (χ0) is 18.7. The molecule has 2 N–H and O–H groups in total. The van der Waals surface area contributed by atoms with E-state index in [1.807, 2.05) is 0 Å². The number of ether oxygens (including phenoxy) is 1. The van der Waals surface area contributed by atoms with Gasteiger partial charge in [0.15, 0.2) is 5.82 Å². The number of aliphatic hydroxyl groups is 1. The average Bonchev–Trinajstić information content (AvgIpc) is 2.99. The third kappa shape index (κ3) is 5.04. The van der Waals surface area contributed by atoms with E-state index in [2.05, 4.69) is 19.9 Å². The molecule has 0 aliphatic heterocycles. The van der Waals surface area contributed by atoms with Crippen LogP contribution in [-0.4, -0.2) is 39.4 Å². The molecule has 0 saturated carbocycles. The highest BCUT2D eigenvalue weighted by Gasteiger charge is 2.43. The van der Waals surface area contributed by atoms with E-state index in [4.69, 9.17) is 23.2 Å². The Morgan fingerprint density at radius 2 is 2.00 bits per heavy atom. The maximum atomic E-state index is 12.9. The summed E-state index contributed by atoms with van der Waals surface area (Å²) in [4.78, 5) is 3.85. The van der Waals surface area contributed by atoms with Crippen LogP contribution in [-0.2, 0) is 16.8 Å². The first kappa shape index (κ1) is 19.9. The van der Waals surface area contributed by atoms with E-state index < -0.39 is 31.2 Å². The molecule has 1 atom stereocenters. The molecule has 1 aromatic heterocycles. The zero-order valence-corrected chi connectivity index (χ0v) is 14.0. The minimum Gasteiger partial charge on any atom is -0.385 e. The van der Waals surface area contributed by atoms with Gasteiger partial charge in [-0.15, -0.1) is 0 Å². The number of halogens is 6. The predicted molar refractivity (Wildman–Crippen MR) is 82.0 cm³/mol. The van der Waals surface area contributed by atoms with Gasteiger partial charge in [0.05, 0.1) is 6.61 Å². The van der Waals surface area contributed by atoms with Crippen LogP contribution in [0.2, 0.25) is 10.0 Å². The lowest BCUT2D eigenvalue weighted by Gasteiger charge is -2.29. The second-order valence-corrected chi connectivity index (χ2v) is 6.05. The fourth-order valence-corrected chi connectivity index (χ4v) is 2.77. The quantitative estimate of drug-likeness (QED) is 0.659. The van der Waals surface area contributed by atoms with Gasteiger partial charge in [-0.05, 0) is 12.1 Å². The van der Waals surface area contributed by atoms with Crippen molar-refractivity contribution in [2.24, 2.45) is 0 Å². The third-order valence-corrected chi connectivity index (χ3v) is 3.96. The van der Waals surface area contributed by atoms with E-state index in [-0.39, 0.29) is 22.8 Å². The molecule has 25 heavy (non-hydrogen) atoms. The van der Waals surface area contributed by atoms with E-state index in [9.17, 15) is 22.7 Å². The standard InChI is InChI=1S/C14H13Cl2F4N3O2/c15-8-1-2-9(10(16)5-8)13(24,6-11-21-7-22-23-11)3-4-25-14(19,20)12(17)18/h1-2,5,7,12,24H,3-4,6H2,(H,21,22,23). The summed E-state index contributed by atoms with van der Waals surface area (Å²) in [7, 11) is 0. The molecule has 5 nitrogen and oxygen atoms in total. The van der Waals surface area contributed by atoms with Crippen molar-refractivity contribution < 1.29 is 27.4 Å². The first-order valence-corrected chi connectivity index (χ1v) is 7.72. The summed E-state index contributed by atoms with van der Waals surface area (Å²) in [6.07, 6.45) is -7.99. The lowest BCUT2D eigenvalue weighted by Crippen LogP contribution is -2.35. The van der Waals surface area contributed by atoms with E-state index in [1.54, 1.807) is 0 Å². The molecule has 0 bridgehead atoms. The monoisotopic (exact) mass is 401 g/mol. The highest BCUT2D eigenvalue weighted by molar-refractivity contribution is 6.35. The van der Waals surface area contributed by atoms with Gasteiger partial charge in [0.25, 0.3) is 0 Å². The van der Waals surface area contributed by atoms with Crippen LogP contribution in [0.3, 0.4) is 0 Å². The largest absolute Gasteiger partial charge is 0.416 e. The minimum absolute atomic E-state index is 0.0751. The second-order valence-electron chi connectivity index (χ2n) is 5.21. The summed E-state index contributed by atoms with van der Waals surface area (Å²) in [6.45, 7) is -0.850. The van der Waals surface area contributed by atoms with Crippen LogP contribution < -0.4 is 0 Å². The molecule has 138 valence electrons. The van der Waals surface area contributed by atoms with Crippen LogP contribution >= 0.6 is 23.2 Å². The molecule has 1 unspecified atom stereocenters. The molecular formula is C14H13Cl2F4N3O2. The van der Waals surface area contributed by atoms with E-state index in [0.717, 1.165) is 0 Å². The molecule has 11 heteroatoms. The Balaban J connectivity index is 2.23. The number of nitrogens with one attached hydrogen (secondary N) is 1. The molecule has 0 saturated heterocycles. The number of rotatable bonds is 8. The van der Waals surface area contributed by atoms with Crippen molar-refractivity contribution in [3.8, 4) is 0 Å². The van der Waals surface area contributed by atoms with Crippen molar-refractivity contribution in [2.45, 2.75) is 31.0 Å². The molecule has 1 heterocycles. The predicted octanol–water partition coefficient (Wildman–Crippen LogP) is 3.81. The molecular weight excluding hydrogens is 389 g/mol. The first-order valence-electron chi connectivity index (χ1n) is 6.96. The SMILES string of the molecule is OC(CCOC(F)(F)C(F)F)(Cc1nc[nH]n1)c1ccc(Cl)cc1Cl. The minimum atomic E-state index is -4.62. The van der Waals surface area contributed by atoms with Crippen molar-refractivity contribution in [3.63, 3.8) is 0 Å². The van der Waals surface area contributed by atoms with Crippen LogP contribution in [0.5, 0.6) is 0 Å². The van der Waals surface area contributed by atoms with Crippen molar-refractivity contribution in [3.05, 3.63) is 46.0 Å². The third-order valence-electron chi connectivity index (χ3n) is 3.41. The van der Waals surface area contributed by atoms with E-state index in [0.29, 0.717) is 5.02 Å². The lowest BCUT2D eigenvalue weighted by molar-refractivity contribution is -0.303. The topological polar surface area (TPSA) is 71.0 Å². The van der Waals surface area contributed by atoms with Gasteiger partial charge in [-0.25, -0.2) is 13.8 Å². The van der Waals surface area contributed by atoms with Crippen LogP contribution in [0.25, 0.3) is 0 Å². The molecule has 0 fully saturated rings. The van der Waals surface area contributed by atoms with Crippen molar-refractivity contribution >= 4 is 23.2 Å². The smallest absolute Gasteiger partial charge is 0.385 e. The van der Waals surface area contributed by atoms with E-state index >= 15 is 0 Å². The van der Waals surface area contributed by atoms with Crippen LogP contribution in [0, 0.1) is 0 Å². The van der Waals surface area contributed by atoms with Gasteiger partial charge < -0.3 is 9.84 Å². The maximum Gasteiger partial charge on any atom is 0.416 e. The fourth-order valence-electron chi connectivity index (χ4n) is 2.19. The Morgan fingerprint density at radius 1 is 1.28 bits per heavy atom. The highest BCUT2D eigenvalue weighted by atomic mass is 35.5. The van der Waals surface area contributed by atoms with Gasteiger partial charge in [0.2, 0.25) is 0 Å². The summed E-state index contributed by atoms with van der Waals surface area (Å²) >= 11 is 11.9. The van der Waals surface area contributed by atoms with E-state index in [1.165, 1.54) is 24.5 Å². The highest BCUT2D eigenvalue weighted by Crippen LogP contribution is 2.36. The number of hydrogen-bond donors (Lipinski definition) is 2. The summed E-state index contributed by atoms with van der Waals surface area (Å²) in [5.41, 5.74) is -1.67. The zero-order valence-electron chi connectivity index (χ0n) is 12.5. The Labute approximate surface area is 149 Å². The number of alkyl halides is 4. The normalized spacial score (nSPS) is 14.7. The molecule has 0 aliphatic carbocycles. The molecule has 0 aliphatic rings. The van der Waals surface area contributed by atoms with Gasteiger partial charge in [0, 0.05) is 28.5 Å². The molecule has 2 rings (SSSR count). The molecule has 1 aromatic carbocycles. The Hall–Kier alpha value is -1.42. The van der Waals surface area contributed by atoms with Crippen molar-refractivity contribution in [2.75, 3.05) is 6.61 Å². The Bertz CT molecular complexity index is 703. The van der Waals surface area contributed by atoms with Crippen LogP contribution in [0.15, 0.2) is 24.5 Å². The average molecular weight is 402 g/mol. The number of benzene rings is 1. The van der Waals surface area contributed by atoms with Gasteiger partial charge in [0.1, 0.15) is 11.9 Å². The number of H-pyrrole nitrogens is 1. The van der Waals surface area contributed by atoms with Gasteiger partial charge in [-0.3, -0.25) is 5.10 Å². The number of aromatic nitrogens is 3. The molecule has 2 aromatic rings.